The minimum Gasteiger partial charge on any atom is -0.488 e. The Labute approximate surface area is 81.3 Å². The Balaban J connectivity index is 3.32. The quantitative estimate of drug-likeness (QED) is 0.535. The first-order valence-corrected chi connectivity index (χ1v) is 3.92. The Kier molecular flexibility index (Phi) is 2.85. The van der Waals surface area contributed by atoms with Crippen molar-refractivity contribution in [1.29, 1.82) is 0 Å². The van der Waals surface area contributed by atoms with E-state index in [-0.39, 0.29) is 11.6 Å². The fraction of sp³-hybridized carbons (Fsp3) is 0.375. The molecule has 1 heterocycles. The second-order valence-corrected chi connectivity index (χ2v) is 2.84. The summed E-state index contributed by atoms with van der Waals surface area (Å²) < 4.78 is 4.95. The van der Waals surface area contributed by atoms with Crippen LogP contribution in [-0.2, 0) is 0 Å². The van der Waals surface area contributed by atoms with E-state index >= 15 is 0 Å². The number of nitro groups is 1. The number of anilines is 1. The van der Waals surface area contributed by atoms with E-state index in [1.54, 1.807) is 25.1 Å². The summed E-state index contributed by atoms with van der Waals surface area (Å²) in [6.45, 7) is 0. The predicted molar refractivity (Wildman–Crippen MR) is 51.8 cm³/mol. The van der Waals surface area contributed by atoms with E-state index in [1.807, 2.05) is 0 Å². The Morgan fingerprint density at radius 1 is 1.57 bits per heavy atom. The highest BCUT2D eigenvalue weighted by molar-refractivity contribution is 5.63. The zero-order chi connectivity index (χ0) is 10.7. The lowest BCUT2D eigenvalue weighted by Crippen LogP contribution is -2.11. The van der Waals surface area contributed by atoms with Crippen molar-refractivity contribution < 1.29 is 9.66 Å². The third kappa shape index (κ3) is 1.73. The molecular weight excluding hydrogens is 186 g/mol. The Morgan fingerprint density at radius 2 is 2.21 bits per heavy atom. The molecule has 14 heavy (non-hydrogen) atoms. The highest BCUT2D eigenvalue weighted by Gasteiger charge is 2.20. The largest absolute Gasteiger partial charge is 0.488 e. The molecule has 1 aromatic rings. The monoisotopic (exact) mass is 197 g/mol. The van der Waals surface area contributed by atoms with Gasteiger partial charge in [-0.3, -0.25) is 0 Å². The summed E-state index contributed by atoms with van der Waals surface area (Å²) in [5.74, 6) is -0.0822. The van der Waals surface area contributed by atoms with E-state index in [2.05, 4.69) is 4.98 Å². The van der Waals surface area contributed by atoms with Crippen molar-refractivity contribution in [2.75, 3.05) is 26.1 Å². The van der Waals surface area contributed by atoms with Gasteiger partial charge in [0.1, 0.15) is 6.20 Å². The number of hydrogen-bond acceptors (Lipinski definition) is 5. The summed E-state index contributed by atoms with van der Waals surface area (Å²) in [5.41, 5.74) is 0.634. The van der Waals surface area contributed by atoms with E-state index in [0.717, 1.165) is 0 Å². The molecule has 0 atom stereocenters. The summed E-state index contributed by atoms with van der Waals surface area (Å²) in [5, 5.41) is 10.6. The average Bonchev–Trinajstić information content (AvgIpc) is 2.16. The van der Waals surface area contributed by atoms with Crippen LogP contribution in [0.15, 0.2) is 12.3 Å². The molecule has 0 radical (unpaired) electrons. The summed E-state index contributed by atoms with van der Waals surface area (Å²) in [4.78, 5) is 15.4. The molecule has 1 rings (SSSR count). The summed E-state index contributed by atoms with van der Waals surface area (Å²) in [7, 11) is 4.94. The number of rotatable bonds is 3. The van der Waals surface area contributed by atoms with Gasteiger partial charge in [0, 0.05) is 20.2 Å². The van der Waals surface area contributed by atoms with Crippen LogP contribution in [0.3, 0.4) is 0 Å². The van der Waals surface area contributed by atoms with Gasteiger partial charge in [-0.25, -0.2) is 0 Å². The first kappa shape index (κ1) is 10.2. The van der Waals surface area contributed by atoms with Gasteiger partial charge in [0.15, 0.2) is 0 Å². The maximum Gasteiger partial charge on any atom is 0.408 e. The van der Waals surface area contributed by atoms with Crippen molar-refractivity contribution in [1.82, 2.24) is 4.98 Å². The molecule has 0 saturated carbocycles. The van der Waals surface area contributed by atoms with E-state index in [9.17, 15) is 10.1 Å². The van der Waals surface area contributed by atoms with Gasteiger partial charge in [-0.1, -0.05) is 0 Å². The van der Waals surface area contributed by atoms with Crippen LogP contribution in [0, 0.1) is 10.1 Å². The Hall–Kier alpha value is -1.85. The van der Waals surface area contributed by atoms with E-state index < -0.39 is 4.92 Å². The third-order valence-electron chi connectivity index (χ3n) is 1.72. The molecule has 0 amide bonds. The van der Waals surface area contributed by atoms with E-state index in [0.29, 0.717) is 5.69 Å². The van der Waals surface area contributed by atoms with Gasteiger partial charge in [0.2, 0.25) is 5.75 Å². The first-order valence-electron chi connectivity index (χ1n) is 3.92. The van der Waals surface area contributed by atoms with Crippen LogP contribution >= 0.6 is 0 Å². The Bertz CT molecular complexity index is 352. The molecule has 0 unspecified atom stereocenters. The normalized spacial score (nSPS) is 9.64. The van der Waals surface area contributed by atoms with Crippen molar-refractivity contribution in [2.24, 2.45) is 0 Å². The van der Waals surface area contributed by atoms with Gasteiger partial charge in [0.05, 0.1) is 12.8 Å². The number of ether oxygens (including phenoxy) is 1. The number of aromatic nitrogens is 1. The topological polar surface area (TPSA) is 68.5 Å². The molecule has 76 valence electrons. The minimum atomic E-state index is -0.564. The van der Waals surface area contributed by atoms with Crippen LogP contribution in [0.5, 0.6) is 5.75 Å². The lowest BCUT2D eigenvalue weighted by molar-refractivity contribution is -0.390. The predicted octanol–water partition coefficient (Wildman–Crippen LogP) is 1.06. The lowest BCUT2D eigenvalue weighted by Gasteiger charge is -2.14. The zero-order valence-corrected chi connectivity index (χ0v) is 8.22. The van der Waals surface area contributed by atoms with Crippen molar-refractivity contribution in [2.45, 2.75) is 0 Å². The van der Waals surface area contributed by atoms with Crippen molar-refractivity contribution in [3.8, 4) is 5.75 Å². The van der Waals surface area contributed by atoms with Crippen LogP contribution in [0.4, 0.5) is 11.5 Å². The molecule has 0 aliphatic carbocycles. The average molecular weight is 197 g/mol. The Morgan fingerprint density at radius 3 is 2.64 bits per heavy atom. The standard InChI is InChI=1S/C8H11N3O3/c1-10(2)6-4-5-9-8(11(12)13)7(6)14-3/h4-5H,1-3H3. The molecule has 0 aromatic carbocycles. The third-order valence-corrected chi connectivity index (χ3v) is 1.72. The van der Waals surface area contributed by atoms with Gasteiger partial charge in [-0.05, 0) is 9.91 Å². The molecule has 0 fully saturated rings. The molecule has 0 N–H and O–H groups in total. The van der Waals surface area contributed by atoms with Gasteiger partial charge < -0.3 is 19.8 Å². The number of methoxy groups -OCH3 is 1. The molecule has 0 spiro atoms. The van der Waals surface area contributed by atoms with Crippen LogP contribution in [0.25, 0.3) is 0 Å². The van der Waals surface area contributed by atoms with E-state index in [1.165, 1.54) is 13.3 Å². The molecule has 0 saturated heterocycles. The van der Waals surface area contributed by atoms with Gasteiger partial charge in [-0.15, -0.1) is 0 Å². The van der Waals surface area contributed by atoms with Crippen molar-refractivity contribution in [3.05, 3.63) is 22.4 Å². The molecule has 1 aromatic heterocycles. The SMILES string of the molecule is COc1c(N(C)C)ccnc1[N+](=O)[O-]. The molecular formula is C8H11N3O3. The number of pyridine rings is 1. The second-order valence-electron chi connectivity index (χ2n) is 2.84. The fourth-order valence-corrected chi connectivity index (χ4v) is 1.11. The maximum absolute atomic E-state index is 10.6. The van der Waals surface area contributed by atoms with Crippen molar-refractivity contribution >= 4 is 11.5 Å². The summed E-state index contributed by atoms with van der Waals surface area (Å²) in [6.07, 6.45) is 1.38. The maximum atomic E-state index is 10.6. The molecule has 0 bridgehead atoms. The van der Waals surface area contributed by atoms with Gasteiger partial charge in [0.25, 0.3) is 0 Å². The molecule has 6 nitrogen and oxygen atoms in total. The number of hydrogen-bond donors (Lipinski definition) is 0. The van der Waals surface area contributed by atoms with Crippen LogP contribution in [0.1, 0.15) is 0 Å². The lowest BCUT2D eigenvalue weighted by atomic mass is 10.3. The van der Waals surface area contributed by atoms with E-state index in [4.69, 9.17) is 4.74 Å². The first-order chi connectivity index (χ1) is 6.57. The molecule has 6 heteroatoms. The highest BCUT2D eigenvalue weighted by atomic mass is 16.6. The van der Waals surface area contributed by atoms with Crippen LogP contribution in [-0.4, -0.2) is 31.1 Å². The fourth-order valence-electron chi connectivity index (χ4n) is 1.11. The highest BCUT2D eigenvalue weighted by Crippen LogP contribution is 2.33. The summed E-state index contributed by atoms with van der Waals surface area (Å²) in [6, 6.07) is 1.66. The second kappa shape index (κ2) is 3.91. The zero-order valence-electron chi connectivity index (χ0n) is 8.22. The smallest absolute Gasteiger partial charge is 0.408 e. The molecule has 0 aliphatic heterocycles. The molecule has 0 aliphatic rings. The minimum absolute atomic E-state index is 0.183. The summed E-state index contributed by atoms with van der Waals surface area (Å²) >= 11 is 0. The van der Waals surface area contributed by atoms with Crippen molar-refractivity contribution in [3.63, 3.8) is 0 Å². The van der Waals surface area contributed by atoms with Crippen LogP contribution < -0.4 is 9.64 Å². The van der Waals surface area contributed by atoms with Crippen LogP contribution in [0.2, 0.25) is 0 Å². The van der Waals surface area contributed by atoms with Gasteiger partial charge >= 0.3 is 5.82 Å². The number of nitrogens with zero attached hydrogens (tertiary/aromatic N) is 3. The van der Waals surface area contributed by atoms with Gasteiger partial charge in [-0.2, -0.15) is 0 Å².